The van der Waals surface area contributed by atoms with E-state index in [2.05, 4.69) is 29.1 Å². The first-order valence-electron chi connectivity index (χ1n) is 5.67. The number of fused-ring (bicyclic) bond motifs is 1. The van der Waals surface area contributed by atoms with Gasteiger partial charge in [-0.25, -0.2) is 9.97 Å². The molecule has 90 valence electrons. The molecule has 0 unspecified atom stereocenters. The number of rotatable bonds is 4. The van der Waals surface area contributed by atoms with Crippen LogP contribution in [0.3, 0.4) is 0 Å². The highest BCUT2D eigenvalue weighted by atomic mass is 35.5. The van der Waals surface area contributed by atoms with Gasteiger partial charge in [-0.3, -0.25) is 0 Å². The van der Waals surface area contributed by atoms with Gasteiger partial charge in [-0.05, 0) is 26.3 Å². The second-order valence-corrected chi connectivity index (χ2v) is 5.08. The summed E-state index contributed by atoms with van der Waals surface area (Å²) in [5.74, 6) is 1.27. The van der Waals surface area contributed by atoms with Crippen LogP contribution in [0.5, 0.6) is 0 Å². The van der Waals surface area contributed by atoms with Gasteiger partial charge in [0, 0.05) is 23.0 Å². The van der Waals surface area contributed by atoms with E-state index in [0.717, 1.165) is 17.3 Å². The molecule has 0 aliphatic heterocycles. The van der Waals surface area contributed by atoms with Crippen molar-refractivity contribution in [1.82, 2.24) is 9.97 Å². The van der Waals surface area contributed by atoms with Crippen LogP contribution in [0.2, 0.25) is 0 Å². The lowest BCUT2D eigenvalue weighted by molar-refractivity contribution is 0.545. The molecule has 1 N–H and O–H groups in total. The highest BCUT2D eigenvalue weighted by Gasteiger charge is 2.17. The molecule has 0 bridgehead atoms. The van der Waals surface area contributed by atoms with Gasteiger partial charge in [0.25, 0.3) is 0 Å². The molecule has 0 atom stereocenters. The van der Waals surface area contributed by atoms with E-state index >= 15 is 0 Å². The largest absolute Gasteiger partial charge is 0.349 e. The third kappa shape index (κ3) is 3.07. The van der Waals surface area contributed by atoms with Crippen LogP contribution in [0.4, 0.5) is 5.95 Å². The van der Waals surface area contributed by atoms with Crippen LogP contribution < -0.4 is 5.32 Å². The monoisotopic (exact) mass is 249 g/mol. The molecular formula is C13H16ClN3. The lowest BCUT2D eigenvalue weighted by Crippen LogP contribution is -2.32. The molecule has 0 radical (unpaired) electrons. The fourth-order valence-corrected chi connectivity index (χ4v) is 2.11. The maximum Gasteiger partial charge on any atom is 0.223 e. The van der Waals surface area contributed by atoms with Crippen molar-refractivity contribution >= 4 is 28.5 Å². The maximum absolute atomic E-state index is 5.77. The number of halogens is 1. The lowest BCUT2D eigenvalue weighted by Gasteiger charge is -2.25. The molecule has 0 aliphatic rings. The number of nitrogens with zero attached hydrogens (tertiary/aromatic N) is 2. The molecule has 1 heterocycles. The van der Waals surface area contributed by atoms with Crippen LogP contribution in [-0.2, 0) is 0 Å². The molecule has 0 fully saturated rings. The summed E-state index contributed by atoms with van der Waals surface area (Å²) in [5, 5.41) is 4.35. The summed E-state index contributed by atoms with van der Waals surface area (Å²) in [5.41, 5.74) is 0.858. The van der Waals surface area contributed by atoms with Gasteiger partial charge in [0.15, 0.2) is 0 Å². The van der Waals surface area contributed by atoms with E-state index in [9.17, 15) is 0 Å². The Morgan fingerprint density at radius 3 is 2.82 bits per heavy atom. The number of anilines is 1. The van der Waals surface area contributed by atoms with Crippen LogP contribution in [-0.4, -0.2) is 21.4 Å². The number of nitrogens with one attached hydrogen (secondary N) is 1. The summed E-state index contributed by atoms with van der Waals surface area (Å²) in [6.45, 7) is 4.18. The summed E-state index contributed by atoms with van der Waals surface area (Å²) in [4.78, 5) is 8.79. The summed E-state index contributed by atoms with van der Waals surface area (Å²) in [7, 11) is 0. The number of aromatic nitrogens is 2. The van der Waals surface area contributed by atoms with Crippen LogP contribution in [0.1, 0.15) is 20.3 Å². The summed E-state index contributed by atoms with van der Waals surface area (Å²) in [6, 6.07) is 7.94. The minimum absolute atomic E-state index is 0.0930. The minimum Gasteiger partial charge on any atom is -0.349 e. The maximum atomic E-state index is 5.77. The second kappa shape index (κ2) is 4.88. The van der Waals surface area contributed by atoms with Crippen molar-refractivity contribution in [3.63, 3.8) is 0 Å². The molecule has 17 heavy (non-hydrogen) atoms. The van der Waals surface area contributed by atoms with Crippen molar-refractivity contribution in [1.29, 1.82) is 0 Å². The van der Waals surface area contributed by atoms with E-state index in [4.69, 9.17) is 11.6 Å². The van der Waals surface area contributed by atoms with Gasteiger partial charge in [0.2, 0.25) is 5.95 Å². The van der Waals surface area contributed by atoms with Crippen molar-refractivity contribution in [3.05, 3.63) is 30.5 Å². The van der Waals surface area contributed by atoms with Gasteiger partial charge >= 0.3 is 0 Å². The third-order valence-corrected chi connectivity index (χ3v) is 2.85. The molecule has 2 aromatic rings. The standard InChI is InChI=1S/C13H16ClN3/c1-13(2,7-8-14)17-12-15-9-10-5-3-4-6-11(10)16-12/h3-6,9H,7-8H2,1-2H3,(H,15,16,17). The van der Waals surface area contributed by atoms with Crippen molar-refractivity contribution in [2.45, 2.75) is 25.8 Å². The van der Waals surface area contributed by atoms with E-state index < -0.39 is 0 Å². The van der Waals surface area contributed by atoms with Gasteiger partial charge in [-0.1, -0.05) is 18.2 Å². The fraction of sp³-hybridized carbons (Fsp3) is 0.385. The van der Waals surface area contributed by atoms with Crippen LogP contribution in [0, 0.1) is 0 Å². The van der Waals surface area contributed by atoms with Gasteiger partial charge in [-0.2, -0.15) is 0 Å². The highest BCUT2D eigenvalue weighted by molar-refractivity contribution is 6.17. The Morgan fingerprint density at radius 1 is 1.29 bits per heavy atom. The second-order valence-electron chi connectivity index (χ2n) is 4.70. The van der Waals surface area contributed by atoms with E-state index in [-0.39, 0.29) is 5.54 Å². The molecule has 3 nitrogen and oxygen atoms in total. The molecule has 4 heteroatoms. The zero-order valence-electron chi connectivity index (χ0n) is 10.1. The number of benzene rings is 1. The van der Waals surface area contributed by atoms with Crippen LogP contribution in [0.25, 0.3) is 10.9 Å². The van der Waals surface area contributed by atoms with E-state index in [1.54, 1.807) is 0 Å². The summed E-state index contributed by atoms with van der Waals surface area (Å²) >= 11 is 5.77. The topological polar surface area (TPSA) is 37.8 Å². The minimum atomic E-state index is -0.0930. The highest BCUT2D eigenvalue weighted by Crippen LogP contribution is 2.17. The van der Waals surface area contributed by atoms with Crippen molar-refractivity contribution < 1.29 is 0 Å². The van der Waals surface area contributed by atoms with E-state index in [1.165, 1.54) is 0 Å². The Hall–Kier alpha value is -1.35. The normalized spacial score (nSPS) is 11.7. The van der Waals surface area contributed by atoms with Crippen molar-refractivity contribution in [2.75, 3.05) is 11.2 Å². The molecule has 0 saturated heterocycles. The van der Waals surface area contributed by atoms with Gasteiger partial charge in [0.1, 0.15) is 0 Å². The fourth-order valence-electron chi connectivity index (χ4n) is 1.63. The van der Waals surface area contributed by atoms with E-state index in [0.29, 0.717) is 11.8 Å². The molecule has 0 aliphatic carbocycles. The number of alkyl halides is 1. The molecule has 0 spiro atoms. The predicted molar refractivity (Wildman–Crippen MR) is 72.6 cm³/mol. The molecule has 1 aromatic heterocycles. The summed E-state index contributed by atoms with van der Waals surface area (Å²) < 4.78 is 0. The zero-order valence-corrected chi connectivity index (χ0v) is 10.8. The number of hydrogen-bond acceptors (Lipinski definition) is 3. The van der Waals surface area contributed by atoms with Crippen molar-refractivity contribution in [2.24, 2.45) is 0 Å². The average molecular weight is 250 g/mol. The number of para-hydroxylation sites is 1. The van der Waals surface area contributed by atoms with Gasteiger partial charge in [0.05, 0.1) is 5.52 Å². The Balaban J connectivity index is 2.25. The first-order chi connectivity index (χ1) is 8.11. The van der Waals surface area contributed by atoms with Crippen LogP contribution in [0.15, 0.2) is 30.5 Å². The predicted octanol–water partition coefficient (Wildman–Crippen LogP) is 3.45. The van der Waals surface area contributed by atoms with Gasteiger partial charge < -0.3 is 5.32 Å². The lowest BCUT2D eigenvalue weighted by atomic mass is 10.0. The Morgan fingerprint density at radius 2 is 2.06 bits per heavy atom. The molecule has 0 saturated carbocycles. The zero-order chi connectivity index (χ0) is 12.3. The average Bonchev–Trinajstić information content (AvgIpc) is 2.28. The first-order valence-corrected chi connectivity index (χ1v) is 6.20. The van der Waals surface area contributed by atoms with Gasteiger partial charge in [-0.15, -0.1) is 11.6 Å². The Labute approximate surface area is 106 Å². The number of hydrogen-bond donors (Lipinski definition) is 1. The quantitative estimate of drug-likeness (QED) is 0.844. The molecule has 1 aromatic carbocycles. The first kappa shape index (κ1) is 12.1. The SMILES string of the molecule is CC(C)(CCCl)Nc1ncc2ccccc2n1. The summed E-state index contributed by atoms with van der Waals surface area (Å²) in [6.07, 6.45) is 2.70. The smallest absolute Gasteiger partial charge is 0.223 e. The molecular weight excluding hydrogens is 234 g/mol. The molecule has 0 amide bonds. The molecule has 2 rings (SSSR count). The van der Waals surface area contributed by atoms with Crippen molar-refractivity contribution in [3.8, 4) is 0 Å². The van der Waals surface area contributed by atoms with Crippen LogP contribution >= 0.6 is 11.6 Å². The Kier molecular flexibility index (Phi) is 3.48. The third-order valence-electron chi connectivity index (χ3n) is 2.66. The van der Waals surface area contributed by atoms with E-state index in [1.807, 2.05) is 30.5 Å². The Bertz CT molecular complexity index is 511.